The number of allylic oxidation sites excluding steroid dienone is 2. The van der Waals surface area contributed by atoms with Crippen LogP contribution < -0.4 is 0 Å². The standard InChI is InChI=1S/C8H15N/c1-6-9(7(2)3)8(4)5/h2,4,6H2,1,3,5H3. The zero-order valence-corrected chi connectivity index (χ0v) is 6.57. The molecule has 1 heteroatoms. The topological polar surface area (TPSA) is 3.24 Å². The molecule has 9 heavy (non-hydrogen) atoms. The lowest BCUT2D eigenvalue weighted by Crippen LogP contribution is -2.17. The SMILES string of the molecule is C=C(C)N(CC)C(=C)C. The second-order valence-corrected chi connectivity index (χ2v) is 2.21. The van der Waals surface area contributed by atoms with Crippen molar-refractivity contribution in [3.63, 3.8) is 0 Å². The van der Waals surface area contributed by atoms with E-state index in [1.54, 1.807) is 0 Å². The van der Waals surface area contributed by atoms with E-state index in [1.807, 2.05) is 13.8 Å². The highest BCUT2D eigenvalue weighted by molar-refractivity contribution is 5.01. The fourth-order valence-electron chi connectivity index (χ4n) is 0.866. The summed E-state index contributed by atoms with van der Waals surface area (Å²) in [6.07, 6.45) is 0. The smallest absolute Gasteiger partial charge is 0.0195 e. The van der Waals surface area contributed by atoms with Crippen molar-refractivity contribution in [2.24, 2.45) is 0 Å². The molecule has 0 saturated carbocycles. The van der Waals surface area contributed by atoms with Gasteiger partial charge >= 0.3 is 0 Å². The van der Waals surface area contributed by atoms with Gasteiger partial charge in [0.15, 0.2) is 0 Å². The molecule has 0 fully saturated rings. The summed E-state index contributed by atoms with van der Waals surface area (Å²) in [5.41, 5.74) is 2.12. The Kier molecular flexibility index (Phi) is 3.07. The van der Waals surface area contributed by atoms with Crippen LogP contribution in [0.3, 0.4) is 0 Å². The summed E-state index contributed by atoms with van der Waals surface area (Å²) < 4.78 is 0. The minimum absolute atomic E-state index is 0.963. The first-order valence-electron chi connectivity index (χ1n) is 3.18. The van der Waals surface area contributed by atoms with Crippen LogP contribution in [-0.2, 0) is 0 Å². The Bertz CT molecular complexity index is 111. The van der Waals surface area contributed by atoms with Crippen molar-refractivity contribution >= 4 is 0 Å². The molecule has 0 atom stereocenters. The Balaban J connectivity index is 3.99. The molecule has 1 nitrogen and oxygen atoms in total. The molecule has 0 heterocycles. The molecule has 0 aliphatic heterocycles. The van der Waals surface area contributed by atoms with Crippen LogP contribution in [0.1, 0.15) is 20.8 Å². The van der Waals surface area contributed by atoms with Crippen molar-refractivity contribution in [3.8, 4) is 0 Å². The van der Waals surface area contributed by atoms with Gasteiger partial charge in [0.25, 0.3) is 0 Å². The highest BCUT2D eigenvalue weighted by Gasteiger charge is 1.98. The normalized spacial score (nSPS) is 8.78. The van der Waals surface area contributed by atoms with Crippen LogP contribution in [0.4, 0.5) is 0 Å². The maximum Gasteiger partial charge on any atom is 0.0195 e. The van der Waals surface area contributed by atoms with Gasteiger partial charge in [0.2, 0.25) is 0 Å². The molecule has 0 aromatic rings. The van der Waals surface area contributed by atoms with Gasteiger partial charge in [0.05, 0.1) is 0 Å². The maximum absolute atomic E-state index is 3.81. The van der Waals surface area contributed by atoms with Crippen LogP contribution in [0.2, 0.25) is 0 Å². The Labute approximate surface area is 57.7 Å². The second-order valence-electron chi connectivity index (χ2n) is 2.21. The van der Waals surface area contributed by atoms with Crippen LogP contribution in [-0.4, -0.2) is 11.4 Å². The van der Waals surface area contributed by atoms with Crippen LogP contribution in [0, 0.1) is 0 Å². The average molecular weight is 125 g/mol. The lowest BCUT2D eigenvalue weighted by molar-refractivity contribution is 0.456. The van der Waals surface area contributed by atoms with E-state index in [-0.39, 0.29) is 0 Å². The van der Waals surface area contributed by atoms with Crippen LogP contribution >= 0.6 is 0 Å². The quantitative estimate of drug-likeness (QED) is 0.559. The average Bonchev–Trinajstić information content (AvgIpc) is 1.64. The molecule has 0 rings (SSSR count). The summed E-state index contributed by atoms with van der Waals surface area (Å²) in [6.45, 7) is 14.6. The van der Waals surface area contributed by atoms with E-state index in [1.165, 1.54) is 0 Å². The molecular weight excluding hydrogens is 110 g/mol. The Morgan fingerprint density at radius 1 is 1.22 bits per heavy atom. The van der Waals surface area contributed by atoms with Crippen molar-refractivity contribution in [1.29, 1.82) is 0 Å². The van der Waals surface area contributed by atoms with E-state index in [4.69, 9.17) is 0 Å². The summed E-state index contributed by atoms with van der Waals surface area (Å²) in [5.74, 6) is 0. The predicted octanol–water partition coefficient (Wildman–Crippen LogP) is 2.38. The monoisotopic (exact) mass is 125 g/mol. The third-order valence-electron chi connectivity index (χ3n) is 1.24. The van der Waals surface area contributed by atoms with E-state index in [2.05, 4.69) is 25.0 Å². The van der Waals surface area contributed by atoms with Gasteiger partial charge in [-0.15, -0.1) is 0 Å². The zero-order valence-electron chi connectivity index (χ0n) is 6.57. The van der Waals surface area contributed by atoms with E-state index in [0.29, 0.717) is 0 Å². The molecule has 0 N–H and O–H groups in total. The van der Waals surface area contributed by atoms with Gasteiger partial charge in [-0.2, -0.15) is 0 Å². The van der Waals surface area contributed by atoms with Crippen molar-refractivity contribution < 1.29 is 0 Å². The Hall–Kier alpha value is -0.720. The Morgan fingerprint density at radius 2 is 1.56 bits per heavy atom. The number of nitrogens with zero attached hydrogens (tertiary/aromatic N) is 1. The van der Waals surface area contributed by atoms with E-state index in [0.717, 1.165) is 17.9 Å². The summed E-state index contributed by atoms with van der Waals surface area (Å²) in [7, 11) is 0. The summed E-state index contributed by atoms with van der Waals surface area (Å²) in [6, 6.07) is 0. The third-order valence-corrected chi connectivity index (χ3v) is 1.24. The molecule has 52 valence electrons. The summed E-state index contributed by atoms with van der Waals surface area (Å²) >= 11 is 0. The third kappa shape index (κ3) is 2.36. The molecule has 0 radical (unpaired) electrons. The van der Waals surface area contributed by atoms with Gasteiger partial charge < -0.3 is 4.90 Å². The fraction of sp³-hybridized carbons (Fsp3) is 0.500. The molecular formula is C8H15N. The molecule has 0 aromatic heterocycles. The molecule has 0 aliphatic rings. The van der Waals surface area contributed by atoms with E-state index in [9.17, 15) is 0 Å². The molecule has 0 saturated heterocycles. The number of rotatable bonds is 3. The molecule has 0 spiro atoms. The fourth-order valence-corrected chi connectivity index (χ4v) is 0.866. The molecule has 0 amide bonds. The first-order valence-corrected chi connectivity index (χ1v) is 3.18. The molecule has 0 aliphatic carbocycles. The highest BCUT2D eigenvalue weighted by atomic mass is 15.1. The van der Waals surface area contributed by atoms with Crippen molar-refractivity contribution in [1.82, 2.24) is 4.90 Å². The Morgan fingerprint density at radius 3 is 1.56 bits per heavy atom. The molecule has 0 unspecified atom stereocenters. The lowest BCUT2D eigenvalue weighted by Gasteiger charge is -2.22. The number of hydrogen-bond donors (Lipinski definition) is 0. The van der Waals surface area contributed by atoms with Gasteiger partial charge in [0.1, 0.15) is 0 Å². The zero-order chi connectivity index (χ0) is 7.44. The second kappa shape index (κ2) is 3.33. The molecule has 0 aromatic carbocycles. The highest BCUT2D eigenvalue weighted by Crippen LogP contribution is 2.06. The van der Waals surface area contributed by atoms with E-state index < -0.39 is 0 Å². The van der Waals surface area contributed by atoms with E-state index >= 15 is 0 Å². The van der Waals surface area contributed by atoms with Gasteiger partial charge in [-0.1, -0.05) is 13.2 Å². The van der Waals surface area contributed by atoms with Gasteiger partial charge in [0, 0.05) is 17.9 Å². The minimum atomic E-state index is 0.963. The van der Waals surface area contributed by atoms with Crippen molar-refractivity contribution in [3.05, 3.63) is 24.6 Å². The van der Waals surface area contributed by atoms with Gasteiger partial charge in [-0.05, 0) is 20.8 Å². The van der Waals surface area contributed by atoms with Gasteiger partial charge in [-0.25, -0.2) is 0 Å². The maximum atomic E-state index is 3.81. The van der Waals surface area contributed by atoms with Crippen LogP contribution in [0.25, 0.3) is 0 Å². The minimum Gasteiger partial charge on any atom is -0.351 e. The number of hydrogen-bond acceptors (Lipinski definition) is 1. The predicted molar refractivity (Wildman–Crippen MR) is 42.0 cm³/mol. The van der Waals surface area contributed by atoms with Gasteiger partial charge in [-0.3, -0.25) is 0 Å². The summed E-state index contributed by atoms with van der Waals surface area (Å²) in [4.78, 5) is 2.07. The summed E-state index contributed by atoms with van der Waals surface area (Å²) in [5, 5.41) is 0. The lowest BCUT2D eigenvalue weighted by atomic mass is 10.4. The van der Waals surface area contributed by atoms with Crippen molar-refractivity contribution in [2.75, 3.05) is 6.54 Å². The first kappa shape index (κ1) is 8.28. The first-order chi connectivity index (χ1) is 4.09. The van der Waals surface area contributed by atoms with Crippen LogP contribution in [0.5, 0.6) is 0 Å². The van der Waals surface area contributed by atoms with Crippen molar-refractivity contribution in [2.45, 2.75) is 20.8 Å². The largest absolute Gasteiger partial charge is 0.351 e. The molecule has 0 bridgehead atoms. The van der Waals surface area contributed by atoms with Crippen LogP contribution in [0.15, 0.2) is 24.6 Å².